The summed E-state index contributed by atoms with van der Waals surface area (Å²) in [6.45, 7) is 0. The zero-order chi connectivity index (χ0) is 43.5. The van der Waals surface area contributed by atoms with Crippen molar-refractivity contribution in [1.29, 1.82) is 0 Å². The molecule has 2 aliphatic carbocycles. The minimum atomic E-state index is -5.38. The van der Waals surface area contributed by atoms with Gasteiger partial charge in [0.15, 0.2) is 11.5 Å². The molecule has 6 atom stereocenters. The molecule has 2 saturated heterocycles. The summed E-state index contributed by atoms with van der Waals surface area (Å²) in [5, 5.41) is 10.7. The number of methoxy groups -OCH3 is 2. The molecule has 4 aliphatic rings. The van der Waals surface area contributed by atoms with Crippen LogP contribution < -0.4 is 19.3 Å². The van der Waals surface area contributed by atoms with E-state index in [0.717, 1.165) is 14.2 Å². The van der Waals surface area contributed by atoms with Crippen molar-refractivity contribution in [3.63, 3.8) is 0 Å². The molecule has 4 amide bonds. The number of halogens is 12. The maximum absolute atomic E-state index is 14.4. The van der Waals surface area contributed by atoms with Gasteiger partial charge < -0.3 is 14.6 Å². The highest BCUT2D eigenvalue weighted by atomic mass is 19.4. The van der Waals surface area contributed by atoms with E-state index in [1.165, 1.54) is 18.2 Å². The fourth-order valence-electron chi connectivity index (χ4n) is 8.70. The summed E-state index contributed by atoms with van der Waals surface area (Å²) in [7, 11) is 2.25. The number of carbonyl (C=O) groups excluding carboxylic acids is 4. The van der Waals surface area contributed by atoms with Gasteiger partial charge in [-0.2, -0.15) is 52.7 Å². The van der Waals surface area contributed by atoms with E-state index in [1.54, 1.807) is 0 Å². The third-order valence-corrected chi connectivity index (χ3v) is 11.2. The van der Waals surface area contributed by atoms with Gasteiger partial charge in [-0.3, -0.25) is 19.2 Å². The van der Waals surface area contributed by atoms with Crippen LogP contribution in [0.2, 0.25) is 0 Å². The Balaban J connectivity index is 1.38. The molecule has 0 bridgehead atoms. The molecule has 59 heavy (non-hydrogen) atoms. The van der Waals surface area contributed by atoms with Gasteiger partial charge in [-0.25, -0.2) is 9.80 Å². The highest BCUT2D eigenvalue weighted by Gasteiger charge is 2.63. The van der Waals surface area contributed by atoms with Crippen LogP contribution in [-0.2, 0) is 43.9 Å². The van der Waals surface area contributed by atoms with Gasteiger partial charge in [-0.05, 0) is 72.9 Å². The second kappa shape index (κ2) is 13.7. The summed E-state index contributed by atoms with van der Waals surface area (Å²) in [5.41, 5.74) is -9.34. The van der Waals surface area contributed by atoms with Crippen molar-refractivity contribution in [3.05, 3.63) is 88.0 Å². The van der Waals surface area contributed by atoms with E-state index in [2.05, 4.69) is 0 Å². The predicted octanol–water partition coefficient (Wildman–Crippen LogP) is 8.53. The van der Waals surface area contributed by atoms with Crippen molar-refractivity contribution in [2.45, 2.75) is 43.5 Å². The van der Waals surface area contributed by atoms with Crippen LogP contribution in [0.3, 0.4) is 0 Å². The first-order valence-electron chi connectivity index (χ1n) is 17.3. The predicted molar refractivity (Wildman–Crippen MR) is 177 cm³/mol. The Morgan fingerprint density at radius 3 is 1.32 bits per heavy atom. The lowest BCUT2D eigenvalue weighted by Gasteiger charge is -2.44. The molecular weight excluding hydrogens is 824 g/mol. The number of nitrogens with zero attached hydrogens (tertiary/aromatic N) is 2. The molecule has 0 aromatic heterocycles. The van der Waals surface area contributed by atoms with E-state index in [9.17, 15) is 77.0 Å². The van der Waals surface area contributed by atoms with Crippen LogP contribution in [0.5, 0.6) is 17.2 Å². The van der Waals surface area contributed by atoms with E-state index < -0.39 is 130 Å². The molecule has 9 nitrogen and oxygen atoms in total. The van der Waals surface area contributed by atoms with Crippen molar-refractivity contribution >= 4 is 35.0 Å². The number of rotatable bonds is 5. The number of aromatic hydroxyl groups is 1. The van der Waals surface area contributed by atoms with Gasteiger partial charge in [0, 0.05) is 5.92 Å². The van der Waals surface area contributed by atoms with Crippen molar-refractivity contribution in [1.82, 2.24) is 0 Å². The Morgan fingerprint density at radius 2 is 0.932 bits per heavy atom. The molecule has 21 heteroatoms. The van der Waals surface area contributed by atoms with Crippen molar-refractivity contribution in [2.24, 2.45) is 29.6 Å². The van der Waals surface area contributed by atoms with Crippen LogP contribution in [-0.4, -0.2) is 43.0 Å². The fourth-order valence-corrected chi connectivity index (χ4v) is 8.70. The average molecular weight is 851 g/mol. The zero-order valence-corrected chi connectivity index (χ0v) is 29.9. The van der Waals surface area contributed by atoms with E-state index in [-0.39, 0.29) is 75.3 Å². The second-order valence-electron chi connectivity index (χ2n) is 14.4. The number of hydrogen-bond acceptors (Lipinski definition) is 7. The topological polar surface area (TPSA) is 113 Å². The number of hydrogen-bond donors (Lipinski definition) is 1. The summed E-state index contributed by atoms with van der Waals surface area (Å²) < 4.78 is 177. The quantitative estimate of drug-likeness (QED) is 0.156. The number of alkyl halides is 12. The van der Waals surface area contributed by atoms with Crippen LogP contribution >= 0.6 is 0 Å². The number of anilines is 2. The van der Waals surface area contributed by atoms with Crippen LogP contribution in [0, 0.1) is 29.6 Å². The highest BCUT2D eigenvalue weighted by Crippen LogP contribution is 2.60. The number of carbonyl (C=O) groups is 4. The number of amides is 4. The number of ether oxygens (including phenoxy) is 2. The Labute approximate surface area is 323 Å². The summed E-state index contributed by atoms with van der Waals surface area (Å²) in [6.07, 6.45) is -21.0. The van der Waals surface area contributed by atoms with Crippen molar-refractivity contribution in [3.8, 4) is 17.2 Å². The normalized spacial score (nSPS) is 24.9. The number of phenols is 1. The third-order valence-electron chi connectivity index (χ3n) is 11.2. The molecule has 3 fully saturated rings. The summed E-state index contributed by atoms with van der Waals surface area (Å²) in [5.74, 6) is -15.1. The van der Waals surface area contributed by atoms with Gasteiger partial charge in [-0.15, -0.1) is 0 Å². The molecule has 2 heterocycles. The first-order valence-corrected chi connectivity index (χ1v) is 17.3. The Bertz CT molecular complexity index is 2240. The average Bonchev–Trinajstić information content (AvgIpc) is 3.55. The monoisotopic (exact) mass is 850 g/mol. The Hall–Kier alpha value is -5.76. The Kier molecular flexibility index (Phi) is 9.58. The van der Waals surface area contributed by atoms with E-state index >= 15 is 0 Å². The molecule has 7 rings (SSSR count). The van der Waals surface area contributed by atoms with Crippen LogP contribution in [0.25, 0.3) is 0 Å². The molecule has 314 valence electrons. The molecule has 3 aromatic carbocycles. The second-order valence-corrected chi connectivity index (χ2v) is 14.4. The summed E-state index contributed by atoms with van der Waals surface area (Å²) >= 11 is 0. The molecule has 2 aliphatic heterocycles. The van der Waals surface area contributed by atoms with Crippen molar-refractivity contribution in [2.75, 3.05) is 24.0 Å². The molecule has 1 saturated carbocycles. The fraction of sp³-hybridized carbons (Fsp3) is 0.368. The lowest BCUT2D eigenvalue weighted by atomic mass is 9.57. The summed E-state index contributed by atoms with van der Waals surface area (Å²) in [4.78, 5) is 57.1. The molecule has 1 N–H and O–H groups in total. The van der Waals surface area contributed by atoms with Gasteiger partial charge in [0.25, 0.3) is 0 Å². The van der Waals surface area contributed by atoms with Crippen molar-refractivity contribution < 1.29 is 86.4 Å². The smallest absolute Gasteiger partial charge is 0.416 e. The lowest BCUT2D eigenvalue weighted by Crippen LogP contribution is -2.43. The zero-order valence-electron chi connectivity index (χ0n) is 29.9. The van der Waals surface area contributed by atoms with E-state index in [0.29, 0.717) is 0 Å². The molecular formula is C38H26F12N2O7. The molecule has 0 radical (unpaired) electrons. The molecule has 3 aromatic rings. The van der Waals surface area contributed by atoms with Gasteiger partial charge in [0.05, 0.1) is 71.5 Å². The third kappa shape index (κ3) is 6.80. The lowest BCUT2D eigenvalue weighted by molar-refractivity contribution is -0.144. The SMILES string of the molecule is COc1cc([C@H]2C3=CC[C@@H]4C(=O)N(c5cc(C(F)(F)F)cc(C(F)(F)F)c5)C(=O)[C@@H]4[C@@H]3C[C@H]3C(=O)N(c4cc(C(F)(F)F)cc(C(F)(F)F)c4)C(=O)[C@@H]23)cc(OC)c1O. The first kappa shape index (κ1) is 41.4. The van der Waals surface area contributed by atoms with Gasteiger partial charge in [0.1, 0.15) is 0 Å². The van der Waals surface area contributed by atoms with E-state index in [4.69, 9.17) is 9.47 Å². The van der Waals surface area contributed by atoms with Gasteiger partial charge in [-0.1, -0.05) is 11.6 Å². The minimum Gasteiger partial charge on any atom is -0.502 e. The van der Waals surface area contributed by atoms with Crippen LogP contribution in [0.1, 0.15) is 46.6 Å². The number of imide groups is 2. The van der Waals surface area contributed by atoms with Crippen LogP contribution in [0.4, 0.5) is 64.1 Å². The van der Waals surface area contributed by atoms with Gasteiger partial charge >= 0.3 is 24.7 Å². The maximum atomic E-state index is 14.4. The van der Waals surface area contributed by atoms with E-state index in [1.807, 2.05) is 0 Å². The number of phenolic OH excluding ortho intramolecular Hbond substituents is 1. The number of fused-ring (bicyclic) bond motifs is 4. The first-order chi connectivity index (χ1) is 27.3. The number of allylic oxidation sites excluding steroid dienone is 2. The molecule has 0 unspecified atom stereocenters. The van der Waals surface area contributed by atoms with Crippen LogP contribution in [0.15, 0.2) is 60.2 Å². The maximum Gasteiger partial charge on any atom is 0.416 e. The van der Waals surface area contributed by atoms with Gasteiger partial charge in [0.2, 0.25) is 29.4 Å². The Morgan fingerprint density at radius 1 is 0.542 bits per heavy atom. The molecule has 0 spiro atoms. The summed E-state index contributed by atoms with van der Waals surface area (Å²) in [6, 6.07) is 2.69. The largest absolute Gasteiger partial charge is 0.502 e. The minimum absolute atomic E-state index is 0.0187. The number of benzene rings is 3. The standard InChI is InChI=1S/C38H26F12N2O7/c1-58-25-5-14(6-26(59-2)30(25)53)27-21-3-4-22-28(33(56)51(31(22)54)19-9-15(35(39,40)41)7-16(10-19)36(42,43)44)23(21)13-24-29(27)34(57)52(32(24)55)20-11-17(37(45,46)47)8-18(12-20)38(48,49)50/h3,5-12,22-24,27-29,53H,4,13H2,1-2H3/t22-,23+,24+,27-,28-,29+/m0/s1. The highest BCUT2D eigenvalue weighted by molar-refractivity contribution is 6.24.